The first-order valence-corrected chi connectivity index (χ1v) is 18.2. The molecule has 0 fully saturated rings. The van der Waals surface area contributed by atoms with Crippen LogP contribution in [0.3, 0.4) is 0 Å². The zero-order valence-corrected chi connectivity index (χ0v) is 29.1. The molecule has 2 aromatic heterocycles. The van der Waals surface area contributed by atoms with E-state index >= 15 is 0 Å². The average molecular weight is 666 g/mol. The number of fused-ring (bicyclic) bond motifs is 13. The van der Waals surface area contributed by atoms with Crippen molar-refractivity contribution in [1.82, 2.24) is 9.78 Å². The number of hydrogen-bond donors (Lipinski definition) is 0. The quantitative estimate of drug-likeness (QED) is 0.129. The third kappa shape index (κ3) is 3.50. The molecule has 0 spiro atoms. The SMILES string of the molecule is CC(C)(C)c1nn2c3c(cccc13)B1c3cc4c5ccccc5c5ccccc5c4cc3N(c3cccc4oc5ccccc5c34)c3cccc-2c31. The lowest BCUT2D eigenvalue weighted by atomic mass is 9.33. The summed E-state index contributed by atoms with van der Waals surface area (Å²) in [5.41, 5.74) is 12.5. The van der Waals surface area contributed by atoms with Crippen molar-refractivity contribution in [3.8, 4) is 5.69 Å². The maximum Gasteiger partial charge on any atom is 0.252 e. The van der Waals surface area contributed by atoms with Crippen LogP contribution in [0.25, 0.3) is 70.8 Å². The van der Waals surface area contributed by atoms with Crippen molar-refractivity contribution < 1.29 is 4.42 Å². The highest BCUT2D eigenvalue weighted by Gasteiger charge is 2.43. The van der Waals surface area contributed by atoms with Gasteiger partial charge in [0.1, 0.15) is 11.2 Å². The van der Waals surface area contributed by atoms with Gasteiger partial charge in [0.05, 0.1) is 28.0 Å². The van der Waals surface area contributed by atoms with E-state index in [1.165, 1.54) is 71.0 Å². The first-order valence-electron chi connectivity index (χ1n) is 18.2. The summed E-state index contributed by atoms with van der Waals surface area (Å²) in [7, 11) is 0. The predicted octanol–water partition coefficient (Wildman–Crippen LogP) is 10.3. The molecule has 0 aliphatic carbocycles. The van der Waals surface area contributed by atoms with Crippen LogP contribution in [-0.4, -0.2) is 16.5 Å². The van der Waals surface area contributed by atoms with Gasteiger partial charge in [-0.25, -0.2) is 4.68 Å². The van der Waals surface area contributed by atoms with Crippen LogP contribution in [0.15, 0.2) is 144 Å². The van der Waals surface area contributed by atoms with Gasteiger partial charge in [0.25, 0.3) is 6.71 Å². The minimum atomic E-state index is -0.113. The maximum atomic E-state index is 6.49. The van der Waals surface area contributed by atoms with Crippen LogP contribution in [0, 0.1) is 0 Å². The van der Waals surface area contributed by atoms with Crippen LogP contribution in [0.1, 0.15) is 26.5 Å². The Morgan fingerprint density at radius 2 is 1.08 bits per heavy atom. The summed E-state index contributed by atoms with van der Waals surface area (Å²) < 4.78 is 8.73. The predicted molar refractivity (Wildman–Crippen MR) is 219 cm³/mol. The van der Waals surface area contributed by atoms with Crippen molar-refractivity contribution in [2.45, 2.75) is 26.2 Å². The fourth-order valence-electron chi connectivity index (χ4n) is 9.56. The second-order valence-electron chi connectivity index (χ2n) is 15.5. The third-order valence-electron chi connectivity index (χ3n) is 11.6. The molecule has 0 atom stereocenters. The zero-order valence-electron chi connectivity index (χ0n) is 29.1. The van der Waals surface area contributed by atoms with Crippen LogP contribution in [-0.2, 0) is 5.41 Å². The van der Waals surface area contributed by atoms with E-state index in [1.807, 2.05) is 0 Å². The van der Waals surface area contributed by atoms with E-state index in [1.54, 1.807) is 0 Å². The Bertz CT molecular complexity index is 3200. The van der Waals surface area contributed by atoms with Gasteiger partial charge in [-0.2, -0.15) is 5.10 Å². The van der Waals surface area contributed by atoms with Gasteiger partial charge >= 0.3 is 0 Å². The Hall–Kier alpha value is -6.33. The molecule has 10 aromatic rings. The summed E-state index contributed by atoms with van der Waals surface area (Å²) in [5.74, 6) is 0. The van der Waals surface area contributed by atoms with Gasteiger partial charge in [0.15, 0.2) is 0 Å². The fourth-order valence-corrected chi connectivity index (χ4v) is 9.56. The van der Waals surface area contributed by atoms with Crippen molar-refractivity contribution in [3.05, 3.63) is 145 Å². The molecule has 0 unspecified atom stereocenters. The second-order valence-corrected chi connectivity index (χ2v) is 15.5. The molecule has 0 bridgehead atoms. The first-order chi connectivity index (χ1) is 25.5. The zero-order chi connectivity index (χ0) is 34.5. The van der Waals surface area contributed by atoms with E-state index in [9.17, 15) is 0 Å². The van der Waals surface area contributed by atoms with Crippen LogP contribution in [0.2, 0.25) is 0 Å². The molecule has 12 rings (SSSR count). The van der Waals surface area contributed by atoms with E-state index in [4.69, 9.17) is 9.52 Å². The average Bonchev–Trinajstić information content (AvgIpc) is 3.76. The standard InChI is InChI=1S/C47H32BN3O/c1-47(2,3)46-32-18-10-19-35-45(32)51(49-46)39-22-11-21-38-44(39)48(35)36-25-33-29-15-6-4-13-27(29)28-14-5-7-16-30(28)34(33)26-40(36)50(38)37-20-12-24-42-43(37)31-17-8-9-23-41(31)52-42/h4-26H,1-3H3. The molecule has 2 aliphatic rings. The van der Waals surface area contributed by atoms with Crippen molar-refractivity contribution in [2.24, 2.45) is 0 Å². The Balaban J connectivity index is 1.29. The van der Waals surface area contributed by atoms with Gasteiger partial charge in [-0.1, -0.05) is 124 Å². The van der Waals surface area contributed by atoms with Crippen molar-refractivity contribution in [3.63, 3.8) is 0 Å². The molecule has 4 heterocycles. The van der Waals surface area contributed by atoms with Gasteiger partial charge in [0, 0.05) is 27.6 Å². The summed E-state index contributed by atoms with van der Waals surface area (Å²) in [6, 6.07) is 51.3. The van der Waals surface area contributed by atoms with E-state index in [2.05, 4.69) is 170 Å². The van der Waals surface area contributed by atoms with Gasteiger partial charge in [-0.05, 0) is 85.1 Å². The number of rotatable bonds is 1. The molecule has 0 saturated heterocycles. The van der Waals surface area contributed by atoms with Crippen molar-refractivity contribution >= 4 is 105 Å². The maximum absolute atomic E-state index is 6.49. The molecule has 0 saturated carbocycles. The monoisotopic (exact) mass is 665 g/mol. The van der Waals surface area contributed by atoms with Crippen molar-refractivity contribution in [2.75, 3.05) is 4.90 Å². The van der Waals surface area contributed by atoms with Crippen LogP contribution in [0.5, 0.6) is 0 Å². The lowest BCUT2D eigenvalue weighted by molar-refractivity contribution is 0.565. The molecule has 2 aliphatic heterocycles. The molecule has 52 heavy (non-hydrogen) atoms. The van der Waals surface area contributed by atoms with Gasteiger partial charge in [-0.3, -0.25) is 0 Å². The summed E-state index contributed by atoms with van der Waals surface area (Å²) in [6.45, 7) is 6.83. The number of para-hydroxylation sites is 2. The highest BCUT2D eigenvalue weighted by Crippen LogP contribution is 2.47. The summed E-state index contributed by atoms with van der Waals surface area (Å²) in [5, 5.41) is 16.5. The van der Waals surface area contributed by atoms with E-state index in [-0.39, 0.29) is 12.1 Å². The summed E-state index contributed by atoms with van der Waals surface area (Å²) >= 11 is 0. The second kappa shape index (κ2) is 9.71. The molecule has 4 nitrogen and oxygen atoms in total. The fraction of sp³-hybridized carbons (Fsp3) is 0.0851. The summed E-state index contributed by atoms with van der Waals surface area (Å²) in [4.78, 5) is 2.51. The smallest absolute Gasteiger partial charge is 0.252 e. The van der Waals surface area contributed by atoms with E-state index in [0.29, 0.717) is 0 Å². The topological polar surface area (TPSA) is 34.2 Å². The third-order valence-corrected chi connectivity index (χ3v) is 11.6. The highest BCUT2D eigenvalue weighted by atomic mass is 16.3. The number of furan rings is 1. The lowest BCUT2D eigenvalue weighted by Gasteiger charge is -2.40. The van der Waals surface area contributed by atoms with E-state index < -0.39 is 0 Å². The van der Waals surface area contributed by atoms with Crippen LogP contribution >= 0.6 is 0 Å². The molecular formula is C47H32BN3O. The number of hydrogen-bond acceptors (Lipinski definition) is 3. The largest absolute Gasteiger partial charge is 0.456 e. The number of anilines is 3. The Kier molecular flexibility index (Phi) is 5.30. The Labute approximate surface area is 300 Å². The molecular weight excluding hydrogens is 633 g/mol. The molecule has 244 valence electrons. The van der Waals surface area contributed by atoms with Crippen LogP contribution in [0.4, 0.5) is 17.1 Å². The first kappa shape index (κ1) is 28.4. The van der Waals surface area contributed by atoms with E-state index in [0.717, 1.165) is 39.0 Å². The molecule has 5 heteroatoms. The number of nitrogens with zero attached hydrogens (tertiary/aromatic N) is 3. The summed E-state index contributed by atoms with van der Waals surface area (Å²) in [6.07, 6.45) is 0. The van der Waals surface area contributed by atoms with Crippen LogP contribution < -0.4 is 21.3 Å². The Morgan fingerprint density at radius 3 is 1.83 bits per heavy atom. The van der Waals surface area contributed by atoms with Gasteiger partial charge in [0.2, 0.25) is 0 Å². The molecule has 0 amide bonds. The highest BCUT2D eigenvalue weighted by molar-refractivity contribution is 7.00. The van der Waals surface area contributed by atoms with Crippen molar-refractivity contribution in [1.29, 1.82) is 0 Å². The normalized spacial score (nSPS) is 13.6. The molecule has 0 radical (unpaired) electrons. The number of aromatic nitrogens is 2. The Morgan fingerprint density at radius 1 is 0.500 bits per heavy atom. The minimum absolute atomic E-state index is 0.0214. The van der Waals surface area contributed by atoms with Gasteiger partial charge in [-0.15, -0.1) is 0 Å². The molecule has 0 N–H and O–H groups in total. The lowest BCUT2D eigenvalue weighted by Crippen LogP contribution is -2.60. The number of benzene rings is 8. The van der Waals surface area contributed by atoms with Gasteiger partial charge < -0.3 is 9.32 Å². The minimum Gasteiger partial charge on any atom is -0.456 e. The molecule has 8 aromatic carbocycles.